The Labute approximate surface area is 245 Å². The van der Waals surface area contributed by atoms with Gasteiger partial charge in [0.15, 0.2) is 5.75 Å². The van der Waals surface area contributed by atoms with Crippen molar-refractivity contribution in [3.05, 3.63) is 76.8 Å². The molecule has 0 fully saturated rings. The van der Waals surface area contributed by atoms with Crippen molar-refractivity contribution < 1.29 is 72.4 Å². The maximum Gasteiger partial charge on any atom is 0.499 e. The third kappa shape index (κ3) is 6.53. The van der Waals surface area contributed by atoms with E-state index in [1.807, 2.05) is 0 Å². The van der Waals surface area contributed by atoms with Gasteiger partial charge in [-0.15, -0.1) is 0 Å². The molecular formula is C26H17F10N3O6. The highest BCUT2D eigenvalue weighted by molar-refractivity contribution is 6.06. The minimum absolute atomic E-state index is 0.0178. The van der Waals surface area contributed by atoms with Crippen LogP contribution in [0.4, 0.5) is 49.6 Å². The summed E-state index contributed by atoms with van der Waals surface area (Å²) in [5.41, 5.74) is 2.14. The first-order valence-electron chi connectivity index (χ1n) is 11.8. The van der Waals surface area contributed by atoms with Gasteiger partial charge in [-0.1, -0.05) is 30.3 Å². The summed E-state index contributed by atoms with van der Waals surface area (Å²) in [5, 5.41) is 10.0. The summed E-state index contributed by atoms with van der Waals surface area (Å²) in [6, 6.07) is 8.83. The predicted octanol–water partition coefficient (Wildman–Crippen LogP) is 5.65. The van der Waals surface area contributed by atoms with Crippen LogP contribution in [0.3, 0.4) is 0 Å². The first kappa shape index (κ1) is 34.3. The van der Waals surface area contributed by atoms with Crippen molar-refractivity contribution >= 4 is 17.6 Å². The highest BCUT2D eigenvalue weighted by Crippen LogP contribution is 2.49. The van der Waals surface area contributed by atoms with Gasteiger partial charge in [-0.2, -0.15) is 49.2 Å². The molecule has 2 aromatic carbocycles. The molecule has 2 aromatic rings. The van der Waals surface area contributed by atoms with E-state index in [2.05, 4.69) is 14.2 Å². The largest absolute Gasteiger partial charge is 0.499 e. The number of hydrogen-bond donors (Lipinski definition) is 1. The molecule has 0 aliphatic carbocycles. The average Bonchev–Trinajstić information content (AvgIpc) is 2.95. The number of benzene rings is 2. The normalized spacial score (nSPS) is 16.2. The van der Waals surface area contributed by atoms with Crippen LogP contribution in [-0.4, -0.2) is 50.7 Å². The lowest BCUT2D eigenvalue weighted by Gasteiger charge is -2.37. The van der Waals surface area contributed by atoms with E-state index in [0.29, 0.717) is 0 Å². The second-order valence-electron chi connectivity index (χ2n) is 8.70. The van der Waals surface area contributed by atoms with E-state index in [0.717, 1.165) is 14.2 Å². The third-order valence-corrected chi connectivity index (χ3v) is 5.93. The molecule has 242 valence electrons. The monoisotopic (exact) mass is 657 g/mol. The fraction of sp³-hybridized carbons (Fsp3) is 0.269. The molecule has 2 N–H and O–H groups in total. The van der Waals surface area contributed by atoms with Crippen molar-refractivity contribution in [1.82, 2.24) is 0 Å². The number of methoxy groups -OCH3 is 2. The number of esters is 2. The average molecular weight is 657 g/mol. The van der Waals surface area contributed by atoms with Gasteiger partial charge < -0.3 is 24.7 Å². The molecule has 0 bridgehead atoms. The van der Waals surface area contributed by atoms with Crippen molar-refractivity contribution in [1.29, 1.82) is 5.26 Å². The van der Waals surface area contributed by atoms with E-state index >= 15 is 0 Å². The Morgan fingerprint density at radius 1 is 0.822 bits per heavy atom. The predicted molar refractivity (Wildman–Crippen MR) is 129 cm³/mol. The van der Waals surface area contributed by atoms with Gasteiger partial charge in [-0.25, -0.2) is 9.59 Å². The van der Waals surface area contributed by atoms with Gasteiger partial charge in [0, 0.05) is 6.07 Å². The summed E-state index contributed by atoms with van der Waals surface area (Å²) in [6.07, 6.45) is -24.7. The van der Waals surface area contributed by atoms with Crippen molar-refractivity contribution in [2.24, 2.45) is 5.73 Å². The van der Waals surface area contributed by atoms with Gasteiger partial charge in [0.25, 0.3) is 0 Å². The smallest absolute Gasteiger partial charge is 0.466 e. The lowest BCUT2D eigenvalue weighted by Crippen LogP contribution is -2.44. The number of anilines is 1. The van der Waals surface area contributed by atoms with Gasteiger partial charge in [-0.3, -0.25) is 4.90 Å². The van der Waals surface area contributed by atoms with Gasteiger partial charge in [0.05, 0.1) is 43.0 Å². The van der Waals surface area contributed by atoms with Crippen LogP contribution in [0.15, 0.2) is 71.2 Å². The molecule has 1 aliphatic rings. The molecule has 9 nitrogen and oxygen atoms in total. The first-order chi connectivity index (χ1) is 20.7. The Hall–Kier alpha value is -5.15. The summed E-state index contributed by atoms with van der Waals surface area (Å²) in [6.45, 7) is 0. The molecule has 0 amide bonds. The first-order valence-corrected chi connectivity index (χ1v) is 11.8. The number of halogens is 10. The Morgan fingerprint density at radius 2 is 1.36 bits per heavy atom. The number of ether oxygens (including phenoxy) is 4. The highest BCUT2D eigenvalue weighted by atomic mass is 19.4. The van der Waals surface area contributed by atoms with E-state index in [1.165, 1.54) is 30.3 Å². The second kappa shape index (κ2) is 12.1. The molecule has 19 heteroatoms. The van der Waals surface area contributed by atoms with Crippen LogP contribution < -0.4 is 20.1 Å². The minimum atomic E-state index is -6.42. The zero-order valence-corrected chi connectivity index (χ0v) is 22.4. The van der Waals surface area contributed by atoms with Crippen molar-refractivity contribution in [2.75, 3.05) is 19.1 Å². The van der Waals surface area contributed by atoms with Gasteiger partial charge in [-0.05, 0) is 17.7 Å². The van der Waals surface area contributed by atoms with Crippen LogP contribution in [0, 0.1) is 11.3 Å². The zero-order chi connectivity index (χ0) is 34.1. The number of rotatable bonds is 8. The van der Waals surface area contributed by atoms with E-state index < -0.39 is 82.3 Å². The molecule has 3 rings (SSSR count). The van der Waals surface area contributed by atoms with Crippen LogP contribution in [0.1, 0.15) is 11.5 Å². The van der Waals surface area contributed by atoms with Crippen LogP contribution >= 0.6 is 0 Å². The quantitative estimate of drug-likeness (QED) is 0.283. The summed E-state index contributed by atoms with van der Waals surface area (Å²) in [7, 11) is 1.52. The topological polar surface area (TPSA) is 124 Å². The molecule has 1 aliphatic heterocycles. The molecule has 1 atom stereocenters. The van der Waals surface area contributed by atoms with Crippen LogP contribution in [0.5, 0.6) is 11.5 Å². The standard InChI is InChI=1S/C26H17F10N3O6/c1-42-21(40)18-17(12-6-4-3-5-7-12)14(11-37)20(38)39(19(18)22(41)43-2)15-10-13(44-25(33,34)23(27,28)29)8-9-16(15)45-26(35,36)24(30,31)32/h3-10,17H,38H2,1-2H3. The Morgan fingerprint density at radius 3 is 1.84 bits per heavy atom. The summed E-state index contributed by atoms with van der Waals surface area (Å²) >= 11 is 0. The molecular weight excluding hydrogens is 640 g/mol. The number of nitrogens with two attached hydrogens (primary N) is 1. The lowest BCUT2D eigenvalue weighted by atomic mass is 9.81. The maximum atomic E-state index is 14.1. The summed E-state index contributed by atoms with van der Waals surface area (Å²) in [4.78, 5) is 26.4. The molecule has 1 heterocycles. The highest BCUT2D eigenvalue weighted by Gasteiger charge is 2.62. The van der Waals surface area contributed by atoms with Crippen molar-refractivity contribution in [2.45, 2.75) is 30.5 Å². The van der Waals surface area contributed by atoms with Gasteiger partial charge in [0.2, 0.25) is 0 Å². The summed E-state index contributed by atoms with van der Waals surface area (Å²) < 4.78 is 150. The minimum Gasteiger partial charge on any atom is -0.466 e. The van der Waals surface area contributed by atoms with Crippen LogP contribution in [0.25, 0.3) is 0 Å². The van der Waals surface area contributed by atoms with Crippen LogP contribution in [-0.2, 0) is 19.1 Å². The Kier molecular flexibility index (Phi) is 9.23. The van der Waals surface area contributed by atoms with Gasteiger partial charge >= 0.3 is 36.5 Å². The summed E-state index contributed by atoms with van der Waals surface area (Å²) in [5.74, 6) is -8.77. The van der Waals surface area contributed by atoms with Gasteiger partial charge in [0.1, 0.15) is 17.3 Å². The molecule has 1 unspecified atom stereocenters. The molecule has 0 spiro atoms. The molecule has 0 saturated heterocycles. The van der Waals surface area contributed by atoms with E-state index in [1.54, 1.807) is 6.07 Å². The maximum absolute atomic E-state index is 14.1. The van der Waals surface area contributed by atoms with Crippen molar-refractivity contribution in [3.8, 4) is 17.6 Å². The second-order valence-corrected chi connectivity index (χ2v) is 8.70. The molecule has 0 aromatic heterocycles. The van der Waals surface area contributed by atoms with E-state index in [-0.39, 0.29) is 28.7 Å². The Bertz CT molecular complexity index is 1580. The number of carbonyl (C=O) groups excluding carboxylic acids is 2. The SMILES string of the molecule is COC(=O)C1=C(C(=O)OC)N(c2cc(OC(F)(F)C(F)(F)F)ccc2OC(F)(F)C(F)(F)F)C(N)=C(C#N)C1c1ccccc1. The number of hydrogen-bond acceptors (Lipinski definition) is 9. The molecule has 0 saturated carbocycles. The van der Waals surface area contributed by atoms with E-state index in [9.17, 15) is 58.8 Å². The fourth-order valence-electron chi connectivity index (χ4n) is 3.99. The van der Waals surface area contributed by atoms with Crippen LogP contribution in [0.2, 0.25) is 0 Å². The fourth-order valence-corrected chi connectivity index (χ4v) is 3.99. The number of allylic oxidation sites excluding steroid dienone is 1. The molecule has 45 heavy (non-hydrogen) atoms. The number of nitrogens with zero attached hydrogens (tertiary/aromatic N) is 2. The number of carbonyl (C=O) groups is 2. The molecule has 0 radical (unpaired) electrons. The van der Waals surface area contributed by atoms with Crippen molar-refractivity contribution in [3.63, 3.8) is 0 Å². The zero-order valence-electron chi connectivity index (χ0n) is 22.4. The third-order valence-electron chi connectivity index (χ3n) is 5.93. The lowest BCUT2D eigenvalue weighted by molar-refractivity contribution is -0.361. The Balaban J connectivity index is 2.49. The van der Waals surface area contributed by atoms with E-state index in [4.69, 9.17) is 10.5 Å². The number of alkyl halides is 10. The number of nitriles is 1.